The van der Waals surface area contributed by atoms with Gasteiger partial charge in [0.1, 0.15) is 5.69 Å². The van der Waals surface area contributed by atoms with E-state index in [9.17, 15) is 18.4 Å². The van der Waals surface area contributed by atoms with Crippen LogP contribution in [0, 0.1) is 17.6 Å². The summed E-state index contributed by atoms with van der Waals surface area (Å²) in [5.41, 5.74) is 1.52. The van der Waals surface area contributed by atoms with Gasteiger partial charge in [0.15, 0.2) is 11.6 Å². The van der Waals surface area contributed by atoms with Crippen molar-refractivity contribution in [3.8, 4) is 0 Å². The third kappa shape index (κ3) is 3.52. The Kier molecular flexibility index (Phi) is 4.89. The van der Waals surface area contributed by atoms with Crippen LogP contribution in [-0.2, 0) is 4.79 Å². The van der Waals surface area contributed by atoms with Crippen LogP contribution in [0.15, 0.2) is 46.9 Å². The average molecular weight is 448 g/mol. The Hall–Kier alpha value is -2.74. The molecular formula is C20H16BrF2N3O2. The second-order valence-corrected chi connectivity index (χ2v) is 7.60. The van der Waals surface area contributed by atoms with Crippen molar-refractivity contribution < 1.29 is 18.4 Å². The first kappa shape index (κ1) is 18.6. The second kappa shape index (κ2) is 7.35. The Balaban J connectivity index is 1.43. The highest BCUT2D eigenvalue weighted by molar-refractivity contribution is 9.10. The van der Waals surface area contributed by atoms with Gasteiger partial charge in [-0.25, -0.2) is 8.78 Å². The maximum absolute atomic E-state index is 13.5. The van der Waals surface area contributed by atoms with Gasteiger partial charge in [-0.1, -0.05) is 18.2 Å². The molecule has 1 aliphatic rings. The van der Waals surface area contributed by atoms with Crippen molar-refractivity contribution >= 4 is 44.3 Å². The van der Waals surface area contributed by atoms with Gasteiger partial charge in [-0.3, -0.25) is 9.59 Å². The van der Waals surface area contributed by atoms with Crippen LogP contribution in [-0.4, -0.2) is 34.8 Å². The molecule has 0 aliphatic carbocycles. The van der Waals surface area contributed by atoms with E-state index in [1.165, 1.54) is 6.07 Å². The van der Waals surface area contributed by atoms with E-state index in [1.54, 1.807) is 11.0 Å². The summed E-state index contributed by atoms with van der Waals surface area (Å²) in [6.07, 6.45) is 0.503. The molecule has 1 aromatic heterocycles. The summed E-state index contributed by atoms with van der Waals surface area (Å²) in [6.45, 7) is 0.721. The molecule has 4 rings (SSSR count). The van der Waals surface area contributed by atoms with Crippen LogP contribution in [0.2, 0.25) is 0 Å². The largest absolute Gasteiger partial charge is 0.351 e. The molecule has 0 unspecified atom stereocenters. The van der Waals surface area contributed by atoms with Crippen LogP contribution in [0.5, 0.6) is 0 Å². The van der Waals surface area contributed by atoms with Crippen LogP contribution in [0.3, 0.4) is 0 Å². The Morgan fingerprint density at radius 1 is 1.18 bits per heavy atom. The van der Waals surface area contributed by atoms with Crippen molar-refractivity contribution in [2.24, 2.45) is 5.92 Å². The highest BCUT2D eigenvalue weighted by Crippen LogP contribution is 2.26. The molecule has 5 nitrogen and oxygen atoms in total. The lowest BCUT2D eigenvalue weighted by Gasteiger charge is -2.16. The van der Waals surface area contributed by atoms with Crippen LogP contribution in [0.1, 0.15) is 16.9 Å². The van der Waals surface area contributed by atoms with Crippen LogP contribution >= 0.6 is 15.9 Å². The molecule has 2 aromatic carbocycles. The Labute approximate surface area is 167 Å². The minimum absolute atomic E-state index is 0.0650. The van der Waals surface area contributed by atoms with E-state index >= 15 is 0 Å². The van der Waals surface area contributed by atoms with E-state index < -0.39 is 17.6 Å². The molecular weight excluding hydrogens is 432 g/mol. The summed E-state index contributed by atoms with van der Waals surface area (Å²) in [5.74, 6) is -2.96. The van der Waals surface area contributed by atoms with Gasteiger partial charge in [0.2, 0.25) is 5.91 Å². The number of likely N-dealkylation sites (tertiary alicyclic amines) is 1. The molecule has 144 valence electrons. The predicted octanol–water partition coefficient (Wildman–Crippen LogP) is 4.31. The fraction of sp³-hybridized carbons (Fsp3) is 0.200. The Morgan fingerprint density at radius 2 is 1.96 bits per heavy atom. The van der Waals surface area contributed by atoms with Crippen molar-refractivity contribution in [3.05, 3.63) is 64.3 Å². The molecule has 1 aliphatic heterocycles. The number of anilines is 1. The minimum Gasteiger partial charge on any atom is -0.351 e. The van der Waals surface area contributed by atoms with E-state index in [0.717, 1.165) is 17.0 Å². The number of aromatic amines is 1. The molecule has 1 fully saturated rings. The van der Waals surface area contributed by atoms with Gasteiger partial charge in [0.25, 0.3) is 5.91 Å². The number of nitrogens with zero attached hydrogens (tertiary/aromatic N) is 1. The molecule has 2 heterocycles. The molecule has 8 heteroatoms. The van der Waals surface area contributed by atoms with Crippen molar-refractivity contribution in [3.63, 3.8) is 0 Å². The van der Waals surface area contributed by atoms with Gasteiger partial charge in [0.05, 0.1) is 10.4 Å². The van der Waals surface area contributed by atoms with Crippen LogP contribution in [0.25, 0.3) is 10.9 Å². The van der Waals surface area contributed by atoms with E-state index in [2.05, 4.69) is 26.2 Å². The number of nitrogens with one attached hydrogen (secondary N) is 2. The van der Waals surface area contributed by atoms with Crippen molar-refractivity contribution in [2.75, 3.05) is 18.4 Å². The monoisotopic (exact) mass is 447 g/mol. The summed E-state index contributed by atoms with van der Waals surface area (Å²) in [4.78, 5) is 29.9. The van der Waals surface area contributed by atoms with Crippen LogP contribution < -0.4 is 5.32 Å². The highest BCUT2D eigenvalue weighted by atomic mass is 79.9. The fourth-order valence-electron chi connectivity index (χ4n) is 3.39. The van der Waals surface area contributed by atoms with Gasteiger partial charge >= 0.3 is 0 Å². The molecule has 1 atom stereocenters. The number of hydrogen-bond donors (Lipinski definition) is 2. The number of benzene rings is 2. The molecule has 28 heavy (non-hydrogen) atoms. The maximum Gasteiger partial charge on any atom is 0.270 e. The first-order valence-corrected chi connectivity index (χ1v) is 9.54. The van der Waals surface area contributed by atoms with Gasteiger partial charge in [-0.15, -0.1) is 0 Å². The summed E-state index contributed by atoms with van der Waals surface area (Å²) >= 11 is 2.92. The Bertz CT molecular complexity index is 1030. The third-order valence-corrected chi connectivity index (χ3v) is 5.44. The maximum atomic E-state index is 13.5. The second-order valence-electron chi connectivity index (χ2n) is 6.75. The lowest BCUT2D eigenvalue weighted by molar-refractivity contribution is -0.119. The standard InChI is InChI=1S/C20H16BrF2N3O2/c21-14-8-13(9-15(22)18(14)23)24-19(27)12-5-6-26(10-12)20(28)17-7-11-3-1-2-4-16(11)25-17/h1-4,7-9,12,25H,5-6,10H2,(H,24,27)/t12-/m0/s1. The predicted molar refractivity (Wildman–Crippen MR) is 105 cm³/mol. The van der Waals surface area contributed by atoms with Gasteiger partial charge in [-0.2, -0.15) is 0 Å². The Morgan fingerprint density at radius 3 is 2.71 bits per heavy atom. The molecule has 0 spiro atoms. The summed E-state index contributed by atoms with van der Waals surface area (Å²) in [6, 6.07) is 11.6. The zero-order valence-electron chi connectivity index (χ0n) is 14.6. The lowest BCUT2D eigenvalue weighted by atomic mass is 10.1. The van der Waals surface area contributed by atoms with E-state index in [-0.39, 0.29) is 28.5 Å². The molecule has 0 saturated carbocycles. The van der Waals surface area contributed by atoms with E-state index in [1.807, 2.05) is 24.3 Å². The average Bonchev–Trinajstić information content (AvgIpc) is 3.32. The fourth-order valence-corrected chi connectivity index (χ4v) is 3.83. The third-order valence-electron chi connectivity index (χ3n) is 4.86. The number of para-hydroxylation sites is 1. The number of halogens is 3. The first-order chi connectivity index (χ1) is 13.4. The number of amides is 2. The number of aromatic nitrogens is 1. The summed E-state index contributed by atoms with van der Waals surface area (Å²) in [7, 11) is 0. The normalized spacial score (nSPS) is 16.5. The number of hydrogen-bond acceptors (Lipinski definition) is 2. The quantitative estimate of drug-likeness (QED) is 0.587. The first-order valence-electron chi connectivity index (χ1n) is 8.75. The van der Waals surface area contributed by atoms with Crippen molar-refractivity contribution in [1.29, 1.82) is 0 Å². The van der Waals surface area contributed by atoms with Gasteiger partial charge < -0.3 is 15.2 Å². The SMILES string of the molecule is O=C(Nc1cc(F)c(F)c(Br)c1)[C@H]1CCN(C(=O)c2cc3ccccc3[nH]2)C1. The van der Waals surface area contributed by atoms with Crippen molar-refractivity contribution in [2.45, 2.75) is 6.42 Å². The smallest absolute Gasteiger partial charge is 0.270 e. The number of H-pyrrole nitrogens is 1. The summed E-state index contributed by atoms with van der Waals surface area (Å²) in [5, 5.41) is 3.54. The number of carbonyl (C=O) groups excluding carboxylic acids is 2. The highest BCUT2D eigenvalue weighted by Gasteiger charge is 2.32. The molecule has 2 amide bonds. The topological polar surface area (TPSA) is 65.2 Å². The van der Waals surface area contributed by atoms with Gasteiger partial charge in [0, 0.05) is 35.7 Å². The molecule has 0 radical (unpaired) electrons. The molecule has 1 saturated heterocycles. The molecule has 0 bridgehead atoms. The molecule has 2 N–H and O–H groups in total. The zero-order valence-corrected chi connectivity index (χ0v) is 16.2. The minimum atomic E-state index is -1.05. The zero-order chi connectivity index (χ0) is 19.8. The molecule has 3 aromatic rings. The van der Waals surface area contributed by atoms with E-state index in [0.29, 0.717) is 18.7 Å². The lowest BCUT2D eigenvalue weighted by Crippen LogP contribution is -2.31. The van der Waals surface area contributed by atoms with Gasteiger partial charge in [-0.05, 0) is 40.5 Å². The van der Waals surface area contributed by atoms with Crippen LogP contribution in [0.4, 0.5) is 14.5 Å². The number of rotatable bonds is 3. The van der Waals surface area contributed by atoms with E-state index in [4.69, 9.17) is 0 Å². The van der Waals surface area contributed by atoms with Crippen molar-refractivity contribution in [1.82, 2.24) is 9.88 Å². The number of carbonyl (C=O) groups is 2. The summed E-state index contributed by atoms with van der Waals surface area (Å²) < 4.78 is 26.8. The number of fused-ring (bicyclic) bond motifs is 1.